The van der Waals surface area contributed by atoms with Crippen LogP contribution in [-0.4, -0.2) is 30.5 Å². The number of rotatable bonds is 9. The Balaban J connectivity index is 2.29. The van der Waals surface area contributed by atoms with Gasteiger partial charge in [-0.1, -0.05) is 20.8 Å². The van der Waals surface area contributed by atoms with Gasteiger partial charge in [0.25, 0.3) is 0 Å². The molecule has 0 aliphatic heterocycles. The van der Waals surface area contributed by atoms with Gasteiger partial charge in [-0.25, -0.2) is 4.98 Å². The van der Waals surface area contributed by atoms with Crippen LogP contribution >= 0.6 is 0 Å². The lowest BCUT2D eigenvalue weighted by Crippen LogP contribution is -2.28. The van der Waals surface area contributed by atoms with Crippen molar-refractivity contribution in [1.82, 2.24) is 10.3 Å². The van der Waals surface area contributed by atoms with Crippen LogP contribution in [0.2, 0.25) is 0 Å². The van der Waals surface area contributed by atoms with E-state index in [-0.39, 0.29) is 5.91 Å². The summed E-state index contributed by atoms with van der Waals surface area (Å²) in [4.78, 5) is 15.8. The van der Waals surface area contributed by atoms with E-state index < -0.39 is 0 Å². The zero-order chi connectivity index (χ0) is 14.8. The third kappa shape index (κ3) is 6.97. The average Bonchev–Trinajstić information content (AvgIpc) is 2.43. The first-order valence-corrected chi connectivity index (χ1v) is 7.32. The van der Waals surface area contributed by atoms with Crippen molar-refractivity contribution in [3.63, 3.8) is 0 Å². The summed E-state index contributed by atoms with van der Waals surface area (Å²) in [6.07, 6.45) is 3.31. The fraction of sp³-hybridized carbons (Fsp3) is 0.600. The molecule has 20 heavy (non-hydrogen) atoms. The van der Waals surface area contributed by atoms with E-state index in [0.717, 1.165) is 31.0 Å². The second-order valence-corrected chi connectivity index (χ2v) is 5.23. The molecule has 112 valence electrons. The number of carbonyl (C=O) groups excluding carboxylic acids is 1. The highest BCUT2D eigenvalue weighted by Crippen LogP contribution is 2.11. The number of nitrogens with zero attached hydrogens (tertiary/aromatic N) is 1. The highest BCUT2D eigenvalue weighted by Gasteiger charge is 2.02. The summed E-state index contributed by atoms with van der Waals surface area (Å²) in [6.45, 7) is 8.56. The largest absolute Gasteiger partial charge is 0.384 e. The monoisotopic (exact) mass is 278 g/mol. The van der Waals surface area contributed by atoms with Crippen LogP contribution in [0.5, 0.6) is 0 Å². The first kappa shape index (κ1) is 16.3. The van der Waals surface area contributed by atoms with Gasteiger partial charge in [-0.15, -0.1) is 0 Å². The van der Waals surface area contributed by atoms with E-state index in [9.17, 15) is 4.79 Å². The van der Waals surface area contributed by atoms with Crippen LogP contribution in [0.1, 0.15) is 33.6 Å². The molecule has 1 amide bonds. The molecule has 0 saturated heterocycles. The number of amides is 1. The lowest BCUT2D eigenvalue weighted by atomic mass is 10.2. The molecular weight excluding hydrogens is 252 g/mol. The fourth-order valence-corrected chi connectivity index (χ4v) is 1.62. The van der Waals surface area contributed by atoms with E-state index in [1.807, 2.05) is 12.1 Å². The predicted octanol–water partition coefficient (Wildman–Crippen LogP) is 2.48. The fourth-order valence-electron chi connectivity index (χ4n) is 1.62. The predicted molar refractivity (Wildman–Crippen MR) is 84.0 cm³/mol. The molecule has 5 heteroatoms. The normalized spacial score (nSPS) is 10.4. The number of carbonyl (C=O) groups is 1. The summed E-state index contributed by atoms with van der Waals surface area (Å²) in [6, 6.07) is 3.87. The van der Waals surface area contributed by atoms with E-state index in [1.165, 1.54) is 0 Å². The van der Waals surface area contributed by atoms with Crippen molar-refractivity contribution >= 4 is 17.4 Å². The Morgan fingerprint density at radius 2 is 2.10 bits per heavy atom. The van der Waals surface area contributed by atoms with Crippen molar-refractivity contribution < 1.29 is 4.79 Å². The van der Waals surface area contributed by atoms with Gasteiger partial charge < -0.3 is 16.0 Å². The van der Waals surface area contributed by atoms with E-state index in [0.29, 0.717) is 18.9 Å². The number of aromatic nitrogens is 1. The lowest BCUT2D eigenvalue weighted by molar-refractivity contribution is -0.120. The summed E-state index contributed by atoms with van der Waals surface area (Å²) >= 11 is 0. The Kier molecular flexibility index (Phi) is 7.47. The minimum atomic E-state index is 0.0876. The quantitative estimate of drug-likeness (QED) is 0.649. The summed E-state index contributed by atoms with van der Waals surface area (Å²) in [5.74, 6) is 1.44. The maximum atomic E-state index is 11.6. The van der Waals surface area contributed by atoms with E-state index in [4.69, 9.17) is 0 Å². The maximum Gasteiger partial charge on any atom is 0.221 e. The molecule has 0 aliphatic rings. The van der Waals surface area contributed by atoms with Gasteiger partial charge in [0.1, 0.15) is 5.82 Å². The van der Waals surface area contributed by atoms with Gasteiger partial charge >= 0.3 is 0 Å². The van der Waals surface area contributed by atoms with Crippen LogP contribution in [0, 0.1) is 5.92 Å². The summed E-state index contributed by atoms with van der Waals surface area (Å²) in [5.41, 5.74) is 0.982. The molecule has 3 N–H and O–H groups in total. The Hall–Kier alpha value is -1.78. The van der Waals surface area contributed by atoms with Gasteiger partial charge in [0.05, 0.1) is 0 Å². The molecule has 1 rings (SSSR count). The number of anilines is 2. The SMILES string of the molecule is CCCNc1cc(NCCC(=O)NCC(C)C)ccn1. The zero-order valence-corrected chi connectivity index (χ0v) is 12.7. The van der Waals surface area contributed by atoms with Crippen molar-refractivity contribution in [3.8, 4) is 0 Å². The molecule has 0 spiro atoms. The van der Waals surface area contributed by atoms with Crippen LogP contribution < -0.4 is 16.0 Å². The van der Waals surface area contributed by atoms with Crippen LogP contribution in [0.4, 0.5) is 11.5 Å². The molecular formula is C15H26N4O. The molecule has 0 saturated carbocycles. The smallest absolute Gasteiger partial charge is 0.221 e. The Morgan fingerprint density at radius 3 is 2.80 bits per heavy atom. The van der Waals surface area contributed by atoms with Crippen LogP contribution in [-0.2, 0) is 4.79 Å². The van der Waals surface area contributed by atoms with Crippen LogP contribution in [0.15, 0.2) is 18.3 Å². The number of pyridine rings is 1. The van der Waals surface area contributed by atoms with E-state index in [2.05, 4.69) is 41.7 Å². The van der Waals surface area contributed by atoms with Gasteiger partial charge in [0.2, 0.25) is 5.91 Å². The van der Waals surface area contributed by atoms with Gasteiger partial charge in [-0.05, 0) is 18.4 Å². The molecule has 0 radical (unpaired) electrons. The standard InChI is InChI=1S/C15H26N4O/c1-4-7-17-14-10-13(5-8-18-14)16-9-6-15(20)19-11-12(2)3/h5,8,10,12H,4,6-7,9,11H2,1-3H3,(H,19,20)(H2,16,17,18). The minimum absolute atomic E-state index is 0.0876. The Bertz CT molecular complexity index is 407. The number of hydrogen-bond acceptors (Lipinski definition) is 4. The topological polar surface area (TPSA) is 66.0 Å². The Morgan fingerprint density at radius 1 is 1.30 bits per heavy atom. The third-order valence-corrected chi connectivity index (χ3v) is 2.70. The van der Waals surface area contributed by atoms with Gasteiger partial charge in [0, 0.05) is 44.0 Å². The molecule has 0 atom stereocenters. The highest BCUT2D eigenvalue weighted by atomic mass is 16.1. The molecule has 0 aromatic carbocycles. The second kappa shape index (κ2) is 9.18. The van der Waals surface area contributed by atoms with Crippen molar-refractivity contribution in [1.29, 1.82) is 0 Å². The van der Waals surface area contributed by atoms with Gasteiger partial charge in [-0.2, -0.15) is 0 Å². The summed E-state index contributed by atoms with van der Waals surface area (Å²) < 4.78 is 0. The van der Waals surface area contributed by atoms with E-state index >= 15 is 0 Å². The Labute approximate surface area is 121 Å². The van der Waals surface area contributed by atoms with E-state index in [1.54, 1.807) is 6.20 Å². The molecule has 0 unspecified atom stereocenters. The number of hydrogen-bond donors (Lipinski definition) is 3. The highest BCUT2D eigenvalue weighted by molar-refractivity contribution is 5.76. The first-order chi connectivity index (χ1) is 9.61. The summed E-state index contributed by atoms with van der Waals surface area (Å²) in [7, 11) is 0. The van der Waals surface area contributed by atoms with Gasteiger partial charge in [-0.3, -0.25) is 4.79 Å². The molecule has 1 heterocycles. The van der Waals surface area contributed by atoms with Crippen molar-refractivity contribution in [2.24, 2.45) is 5.92 Å². The maximum absolute atomic E-state index is 11.6. The average molecular weight is 278 g/mol. The first-order valence-electron chi connectivity index (χ1n) is 7.32. The van der Waals surface area contributed by atoms with Crippen molar-refractivity contribution in [2.75, 3.05) is 30.3 Å². The molecule has 0 bridgehead atoms. The lowest BCUT2D eigenvalue weighted by Gasteiger charge is -2.10. The second-order valence-electron chi connectivity index (χ2n) is 5.23. The van der Waals surface area contributed by atoms with Gasteiger partial charge in [0.15, 0.2) is 0 Å². The molecule has 5 nitrogen and oxygen atoms in total. The molecule has 1 aromatic rings. The number of nitrogens with one attached hydrogen (secondary N) is 3. The molecule has 0 fully saturated rings. The third-order valence-electron chi connectivity index (χ3n) is 2.70. The molecule has 0 aliphatic carbocycles. The molecule has 1 aromatic heterocycles. The zero-order valence-electron chi connectivity index (χ0n) is 12.7. The summed E-state index contributed by atoms with van der Waals surface area (Å²) in [5, 5.41) is 9.38. The van der Waals surface area contributed by atoms with Crippen LogP contribution in [0.3, 0.4) is 0 Å². The van der Waals surface area contributed by atoms with Crippen LogP contribution in [0.25, 0.3) is 0 Å². The van der Waals surface area contributed by atoms with Crippen molar-refractivity contribution in [2.45, 2.75) is 33.6 Å². The minimum Gasteiger partial charge on any atom is -0.384 e. The van der Waals surface area contributed by atoms with Crippen molar-refractivity contribution in [3.05, 3.63) is 18.3 Å².